The topological polar surface area (TPSA) is 73.9 Å². The number of methoxy groups -OCH3 is 2. The van der Waals surface area contributed by atoms with Gasteiger partial charge in [0.2, 0.25) is 5.91 Å². The van der Waals surface area contributed by atoms with Gasteiger partial charge in [-0.3, -0.25) is 9.59 Å². The van der Waals surface area contributed by atoms with E-state index in [1.54, 1.807) is 21.1 Å². The van der Waals surface area contributed by atoms with Gasteiger partial charge in [-0.2, -0.15) is 0 Å². The van der Waals surface area contributed by atoms with E-state index in [0.29, 0.717) is 17.9 Å². The summed E-state index contributed by atoms with van der Waals surface area (Å²) in [5.74, 6) is 0.482. The largest absolute Gasteiger partial charge is 0.493 e. The Bertz CT molecular complexity index is 530. The van der Waals surface area contributed by atoms with Crippen molar-refractivity contribution in [2.24, 2.45) is 0 Å². The second kappa shape index (κ2) is 9.71. The lowest BCUT2D eigenvalue weighted by Gasteiger charge is -2.18. The standard InChI is InChI=1S/C17H25NO5/c1-5-13(18-16(19)11-17(20)23-6-2)9-12-7-8-14(21-3)15(10-12)22-4/h7-8,10,13H,5-6,9,11H2,1-4H3,(H,18,19)/t13-/m1/s1. The number of amides is 1. The highest BCUT2D eigenvalue weighted by atomic mass is 16.5. The zero-order valence-corrected chi connectivity index (χ0v) is 14.2. The lowest BCUT2D eigenvalue weighted by molar-refractivity contribution is -0.146. The van der Waals surface area contributed by atoms with Crippen LogP contribution in [0.1, 0.15) is 32.3 Å². The van der Waals surface area contributed by atoms with E-state index in [1.807, 2.05) is 25.1 Å². The molecule has 6 nitrogen and oxygen atoms in total. The minimum atomic E-state index is -0.508. The van der Waals surface area contributed by atoms with Crippen molar-refractivity contribution in [2.45, 2.75) is 39.2 Å². The molecule has 0 aliphatic rings. The van der Waals surface area contributed by atoms with Crippen molar-refractivity contribution in [2.75, 3.05) is 20.8 Å². The molecule has 0 fully saturated rings. The van der Waals surface area contributed by atoms with E-state index in [1.165, 1.54) is 0 Å². The number of nitrogens with one attached hydrogen (secondary N) is 1. The summed E-state index contributed by atoms with van der Waals surface area (Å²) in [5.41, 5.74) is 1.02. The Labute approximate surface area is 137 Å². The molecule has 0 bridgehead atoms. The van der Waals surface area contributed by atoms with E-state index in [4.69, 9.17) is 14.2 Å². The molecule has 0 aliphatic heterocycles. The normalized spacial score (nSPS) is 11.5. The first-order valence-corrected chi connectivity index (χ1v) is 7.69. The van der Waals surface area contributed by atoms with Gasteiger partial charge in [-0.25, -0.2) is 0 Å². The zero-order chi connectivity index (χ0) is 17.2. The molecule has 23 heavy (non-hydrogen) atoms. The van der Waals surface area contributed by atoms with Crippen LogP contribution in [0.4, 0.5) is 0 Å². The third-order valence-corrected chi connectivity index (χ3v) is 3.40. The molecule has 0 aliphatic carbocycles. The van der Waals surface area contributed by atoms with E-state index in [9.17, 15) is 9.59 Å². The summed E-state index contributed by atoms with van der Waals surface area (Å²) in [7, 11) is 3.17. The molecular formula is C17H25NO5. The van der Waals surface area contributed by atoms with Gasteiger partial charge in [0.15, 0.2) is 11.5 Å². The Morgan fingerprint density at radius 1 is 1.13 bits per heavy atom. The molecule has 0 saturated heterocycles. The average molecular weight is 323 g/mol. The zero-order valence-electron chi connectivity index (χ0n) is 14.2. The number of hydrogen-bond donors (Lipinski definition) is 1. The van der Waals surface area contributed by atoms with E-state index in [-0.39, 0.29) is 25.0 Å². The molecule has 0 unspecified atom stereocenters. The van der Waals surface area contributed by atoms with Gasteiger partial charge in [0.25, 0.3) is 0 Å². The van der Waals surface area contributed by atoms with Gasteiger partial charge in [0, 0.05) is 6.04 Å². The predicted octanol–water partition coefficient (Wildman–Crippen LogP) is 2.09. The quantitative estimate of drug-likeness (QED) is 0.556. The minimum absolute atomic E-state index is 0.0602. The second-order valence-corrected chi connectivity index (χ2v) is 5.05. The highest BCUT2D eigenvalue weighted by Crippen LogP contribution is 2.28. The fourth-order valence-electron chi connectivity index (χ4n) is 2.21. The summed E-state index contributed by atoms with van der Waals surface area (Å²) in [5, 5.41) is 2.86. The molecule has 0 aromatic heterocycles. The Kier molecular flexibility index (Phi) is 7.94. The van der Waals surface area contributed by atoms with Gasteiger partial charge >= 0.3 is 5.97 Å². The SMILES string of the molecule is CCOC(=O)CC(=O)N[C@H](CC)Cc1ccc(OC)c(OC)c1. The highest BCUT2D eigenvalue weighted by Gasteiger charge is 2.16. The molecule has 0 radical (unpaired) electrons. The van der Waals surface area contributed by atoms with Crippen LogP contribution in [0.3, 0.4) is 0 Å². The first-order chi connectivity index (χ1) is 11.0. The first kappa shape index (κ1) is 18.8. The maximum Gasteiger partial charge on any atom is 0.315 e. The van der Waals surface area contributed by atoms with Gasteiger partial charge in [-0.1, -0.05) is 13.0 Å². The van der Waals surface area contributed by atoms with Crippen LogP contribution in [0.15, 0.2) is 18.2 Å². The van der Waals surface area contributed by atoms with Crippen molar-refractivity contribution in [3.8, 4) is 11.5 Å². The molecule has 0 heterocycles. The smallest absolute Gasteiger partial charge is 0.315 e. The van der Waals surface area contributed by atoms with Crippen molar-refractivity contribution in [1.82, 2.24) is 5.32 Å². The second-order valence-electron chi connectivity index (χ2n) is 5.05. The fourth-order valence-corrected chi connectivity index (χ4v) is 2.21. The van der Waals surface area contributed by atoms with Crippen LogP contribution >= 0.6 is 0 Å². The maximum atomic E-state index is 11.9. The molecule has 6 heteroatoms. The van der Waals surface area contributed by atoms with Crippen LogP contribution in [0, 0.1) is 0 Å². The number of ether oxygens (including phenoxy) is 3. The van der Waals surface area contributed by atoms with Gasteiger partial charge in [-0.15, -0.1) is 0 Å². The molecule has 0 saturated carbocycles. The number of benzene rings is 1. The van der Waals surface area contributed by atoms with Crippen LogP contribution in [-0.4, -0.2) is 38.7 Å². The summed E-state index contributed by atoms with van der Waals surface area (Å²) in [6, 6.07) is 5.59. The maximum absolute atomic E-state index is 11.9. The number of rotatable bonds is 9. The van der Waals surface area contributed by atoms with Gasteiger partial charge in [-0.05, 0) is 37.5 Å². The highest BCUT2D eigenvalue weighted by molar-refractivity contribution is 5.94. The van der Waals surface area contributed by atoms with E-state index in [2.05, 4.69) is 5.32 Å². The Hall–Kier alpha value is -2.24. The first-order valence-electron chi connectivity index (χ1n) is 7.69. The van der Waals surface area contributed by atoms with Gasteiger partial charge in [0.1, 0.15) is 6.42 Å². The summed E-state index contributed by atoms with van der Waals surface area (Å²) < 4.78 is 15.3. The van der Waals surface area contributed by atoms with Crippen molar-refractivity contribution >= 4 is 11.9 Å². The lowest BCUT2D eigenvalue weighted by Crippen LogP contribution is -2.37. The number of hydrogen-bond acceptors (Lipinski definition) is 5. The summed E-state index contributed by atoms with van der Waals surface area (Å²) in [6.07, 6.45) is 1.14. The average Bonchev–Trinajstić information content (AvgIpc) is 2.54. The van der Waals surface area contributed by atoms with Crippen LogP contribution in [0.5, 0.6) is 11.5 Å². The number of carbonyl (C=O) groups is 2. The minimum Gasteiger partial charge on any atom is -0.493 e. The number of carbonyl (C=O) groups excluding carboxylic acids is 2. The third kappa shape index (κ3) is 6.18. The van der Waals surface area contributed by atoms with Crippen molar-refractivity contribution in [3.63, 3.8) is 0 Å². The molecule has 1 amide bonds. The van der Waals surface area contributed by atoms with E-state index in [0.717, 1.165) is 12.0 Å². The molecule has 1 atom stereocenters. The molecule has 0 spiro atoms. The van der Waals surface area contributed by atoms with Crippen LogP contribution < -0.4 is 14.8 Å². The van der Waals surface area contributed by atoms with Crippen molar-refractivity contribution in [3.05, 3.63) is 23.8 Å². The number of esters is 1. The summed E-state index contributed by atoms with van der Waals surface area (Å²) in [4.78, 5) is 23.2. The molecule has 1 N–H and O–H groups in total. The van der Waals surface area contributed by atoms with Gasteiger partial charge in [0.05, 0.1) is 20.8 Å². The Morgan fingerprint density at radius 3 is 2.39 bits per heavy atom. The predicted molar refractivity (Wildman–Crippen MR) is 86.7 cm³/mol. The van der Waals surface area contributed by atoms with Gasteiger partial charge < -0.3 is 19.5 Å². The van der Waals surface area contributed by atoms with Crippen LogP contribution in [0.2, 0.25) is 0 Å². The summed E-state index contributed by atoms with van der Waals surface area (Å²) in [6.45, 7) is 3.97. The monoisotopic (exact) mass is 323 g/mol. The summed E-state index contributed by atoms with van der Waals surface area (Å²) >= 11 is 0. The van der Waals surface area contributed by atoms with Crippen LogP contribution in [-0.2, 0) is 20.7 Å². The third-order valence-electron chi connectivity index (χ3n) is 3.40. The lowest BCUT2D eigenvalue weighted by atomic mass is 10.0. The molecule has 1 aromatic carbocycles. The molecule has 1 aromatic rings. The van der Waals surface area contributed by atoms with E-state index < -0.39 is 5.97 Å². The Morgan fingerprint density at radius 2 is 1.83 bits per heavy atom. The molecular weight excluding hydrogens is 298 g/mol. The fraction of sp³-hybridized carbons (Fsp3) is 0.529. The van der Waals surface area contributed by atoms with Crippen molar-refractivity contribution < 1.29 is 23.8 Å². The van der Waals surface area contributed by atoms with Crippen LogP contribution in [0.25, 0.3) is 0 Å². The molecule has 128 valence electrons. The Balaban J connectivity index is 2.65. The van der Waals surface area contributed by atoms with Crippen molar-refractivity contribution in [1.29, 1.82) is 0 Å². The molecule has 1 rings (SSSR count). The van der Waals surface area contributed by atoms with E-state index >= 15 is 0 Å².